The fourth-order valence-corrected chi connectivity index (χ4v) is 2.93. The maximum atomic E-state index is 12.7. The molecular weight excluding hydrogens is 400 g/mol. The van der Waals surface area contributed by atoms with E-state index >= 15 is 0 Å². The summed E-state index contributed by atoms with van der Waals surface area (Å²) in [6, 6.07) is 18.5. The Morgan fingerprint density at radius 2 is 1.68 bits per heavy atom. The average Bonchev–Trinajstić information content (AvgIpc) is 3.62. The molecule has 31 heavy (non-hydrogen) atoms. The Morgan fingerprint density at radius 1 is 0.903 bits per heavy atom. The molecule has 0 atom stereocenters. The van der Waals surface area contributed by atoms with Gasteiger partial charge in [-0.15, -0.1) is 0 Å². The number of aromatic nitrogens is 1. The Morgan fingerprint density at radius 3 is 2.39 bits per heavy atom. The minimum atomic E-state index is -2.89. The number of hydrogen-bond acceptors (Lipinski definition) is 4. The predicted molar refractivity (Wildman–Crippen MR) is 115 cm³/mol. The molecule has 4 rings (SSSR count). The molecule has 1 saturated carbocycles. The molecule has 1 aliphatic carbocycles. The maximum absolute atomic E-state index is 12.7. The number of rotatable bonds is 10. The molecular formula is C25H23F2NO3. The lowest BCUT2D eigenvalue weighted by molar-refractivity contribution is -0.0515. The first-order chi connectivity index (χ1) is 15.2. The second-order valence-electron chi connectivity index (χ2n) is 7.38. The first-order valence-corrected chi connectivity index (χ1v) is 10.2. The molecule has 0 radical (unpaired) electrons. The van der Waals surface area contributed by atoms with Crippen LogP contribution in [0.2, 0.25) is 0 Å². The molecule has 1 aromatic heterocycles. The van der Waals surface area contributed by atoms with Crippen molar-refractivity contribution in [1.29, 1.82) is 0 Å². The lowest BCUT2D eigenvalue weighted by Crippen LogP contribution is -2.06. The molecule has 2 aromatic carbocycles. The van der Waals surface area contributed by atoms with Crippen molar-refractivity contribution >= 4 is 12.2 Å². The number of alkyl halides is 2. The second kappa shape index (κ2) is 10.1. The van der Waals surface area contributed by atoms with Gasteiger partial charge >= 0.3 is 6.61 Å². The summed E-state index contributed by atoms with van der Waals surface area (Å²) in [6.07, 6.45) is 7.71. The van der Waals surface area contributed by atoms with Crippen LogP contribution in [0, 0.1) is 5.92 Å². The normalized spacial score (nSPS) is 13.5. The van der Waals surface area contributed by atoms with Crippen LogP contribution in [0.15, 0.2) is 66.9 Å². The molecule has 0 bridgehead atoms. The lowest BCUT2D eigenvalue weighted by atomic mass is 10.1. The van der Waals surface area contributed by atoms with Crippen LogP contribution in [-0.4, -0.2) is 18.2 Å². The van der Waals surface area contributed by atoms with Gasteiger partial charge in [0.15, 0.2) is 11.5 Å². The topological polar surface area (TPSA) is 40.6 Å². The highest BCUT2D eigenvalue weighted by atomic mass is 19.3. The fourth-order valence-electron chi connectivity index (χ4n) is 2.93. The molecule has 0 amide bonds. The zero-order valence-electron chi connectivity index (χ0n) is 16.9. The maximum Gasteiger partial charge on any atom is 0.387 e. The molecule has 0 aliphatic heterocycles. The Hall–Kier alpha value is -3.41. The highest BCUT2D eigenvalue weighted by Crippen LogP contribution is 2.34. The summed E-state index contributed by atoms with van der Waals surface area (Å²) in [4.78, 5) is 4.32. The van der Waals surface area contributed by atoms with Crippen molar-refractivity contribution in [3.8, 4) is 17.4 Å². The number of ether oxygens (including phenoxy) is 3. The number of benzene rings is 2. The van der Waals surface area contributed by atoms with Crippen molar-refractivity contribution in [2.75, 3.05) is 6.61 Å². The summed E-state index contributed by atoms with van der Waals surface area (Å²) in [5, 5.41) is 0. The van der Waals surface area contributed by atoms with Gasteiger partial charge in [0, 0.05) is 12.3 Å². The van der Waals surface area contributed by atoms with Gasteiger partial charge in [-0.25, -0.2) is 4.98 Å². The minimum Gasteiger partial charge on any atom is -0.489 e. The van der Waals surface area contributed by atoms with Crippen LogP contribution in [0.5, 0.6) is 17.4 Å². The van der Waals surface area contributed by atoms with E-state index < -0.39 is 6.61 Å². The van der Waals surface area contributed by atoms with Crippen molar-refractivity contribution in [1.82, 2.24) is 4.98 Å². The number of pyridine rings is 1. The van der Waals surface area contributed by atoms with Crippen molar-refractivity contribution in [2.24, 2.45) is 5.92 Å². The highest BCUT2D eigenvalue weighted by Gasteiger charge is 2.23. The summed E-state index contributed by atoms with van der Waals surface area (Å²) < 4.78 is 41.3. The van der Waals surface area contributed by atoms with Crippen molar-refractivity contribution < 1.29 is 23.0 Å². The molecule has 4 nitrogen and oxygen atoms in total. The van der Waals surface area contributed by atoms with Gasteiger partial charge in [-0.05, 0) is 53.6 Å². The van der Waals surface area contributed by atoms with Gasteiger partial charge in [-0.2, -0.15) is 8.78 Å². The Bertz CT molecular complexity index is 1000. The highest BCUT2D eigenvalue weighted by molar-refractivity contribution is 5.70. The number of hydrogen-bond donors (Lipinski definition) is 0. The van der Waals surface area contributed by atoms with Crippen LogP contribution in [0.3, 0.4) is 0 Å². The molecule has 160 valence electrons. The molecule has 0 spiro atoms. The van der Waals surface area contributed by atoms with Gasteiger partial charge in [0.25, 0.3) is 0 Å². The molecule has 0 unspecified atom stereocenters. The quantitative estimate of drug-likeness (QED) is 0.388. The first kappa shape index (κ1) is 20.8. The van der Waals surface area contributed by atoms with Crippen LogP contribution < -0.4 is 14.2 Å². The summed E-state index contributed by atoms with van der Waals surface area (Å²) >= 11 is 0. The molecule has 0 N–H and O–H groups in total. The van der Waals surface area contributed by atoms with E-state index in [-0.39, 0.29) is 5.75 Å². The monoisotopic (exact) mass is 423 g/mol. The predicted octanol–water partition coefficient (Wildman–Crippen LogP) is 6.22. The van der Waals surface area contributed by atoms with Gasteiger partial charge in [-0.3, -0.25) is 0 Å². The van der Waals surface area contributed by atoms with Crippen LogP contribution in [0.4, 0.5) is 8.78 Å². The van der Waals surface area contributed by atoms with Crippen molar-refractivity contribution in [3.63, 3.8) is 0 Å². The average molecular weight is 423 g/mol. The largest absolute Gasteiger partial charge is 0.489 e. The zero-order chi connectivity index (χ0) is 21.5. The van der Waals surface area contributed by atoms with Gasteiger partial charge in [0.05, 0.1) is 6.61 Å². The van der Waals surface area contributed by atoms with E-state index in [1.54, 1.807) is 18.3 Å². The minimum absolute atomic E-state index is 0.0504. The first-order valence-electron chi connectivity index (χ1n) is 10.2. The van der Waals surface area contributed by atoms with Crippen LogP contribution in [-0.2, 0) is 6.61 Å². The molecule has 1 fully saturated rings. The molecule has 1 heterocycles. The summed E-state index contributed by atoms with van der Waals surface area (Å²) in [7, 11) is 0. The second-order valence-corrected chi connectivity index (χ2v) is 7.38. The third kappa shape index (κ3) is 6.54. The van der Waals surface area contributed by atoms with Crippen LogP contribution in [0.25, 0.3) is 12.2 Å². The van der Waals surface area contributed by atoms with E-state index in [9.17, 15) is 8.78 Å². The van der Waals surface area contributed by atoms with Crippen molar-refractivity contribution in [3.05, 3.63) is 83.6 Å². The van der Waals surface area contributed by atoms with E-state index in [0.717, 1.165) is 29.5 Å². The Balaban J connectivity index is 1.39. The van der Waals surface area contributed by atoms with E-state index in [2.05, 4.69) is 9.72 Å². The molecule has 6 heteroatoms. The van der Waals surface area contributed by atoms with Gasteiger partial charge in [0.2, 0.25) is 5.88 Å². The molecule has 0 saturated heterocycles. The number of halogens is 2. The van der Waals surface area contributed by atoms with Crippen LogP contribution >= 0.6 is 0 Å². The summed E-state index contributed by atoms with van der Waals surface area (Å²) in [5.74, 6) is 1.43. The number of nitrogens with zero attached hydrogens (tertiary/aromatic N) is 1. The molecule has 3 aromatic rings. The fraction of sp³-hybridized carbons (Fsp3) is 0.240. The zero-order valence-corrected chi connectivity index (χ0v) is 16.9. The third-order valence-corrected chi connectivity index (χ3v) is 4.81. The SMILES string of the molecule is FC(F)Oc1ccc(C=Cc2ccc(OCc3ccccc3)nc2)cc1OCC1CC1. The molecule has 1 aliphatic rings. The van der Waals surface area contributed by atoms with E-state index in [1.807, 2.05) is 54.6 Å². The third-order valence-electron chi connectivity index (χ3n) is 4.81. The smallest absolute Gasteiger partial charge is 0.387 e. The van der Waals surface area contributed by atoms with Gasteiger partial charge < -0.3 is 14.2 Å². The summed E-state index contributed by atoms with van der Waals surface area (Å²) in [5.41, 5.74) is 2.78. The van der Waals surface area contributed by atoms with E-state index in [4.69, 9.17) is 9.47 Å². The Labute approximate surface area is 180 Å². The summed E-state index contributed by atoms with van der Waals surface area (Å²) in [6.45, 7) is -1.92. The van der Waals surface area contributed by atoms with Gasteiger partial charge in [0.1, 0.15) is 6.61 Å². The van der Waals surface area contributed by atoms with E-state index in [1.165, 1.54) is 6.07 Å². The lowest BCUT2D eigenvalue weighted by Gasteiger charge is -2.12. The van der Waals surface area contributed by atoms with Gasteiger partial charge in [-0.1, -0.05) is 48.6 Å². The van der Waals surface area contributed by atoms with Crippen molar-refractivity contribution in [2.45, 2.75) is 26.1 Å². The van der Waals surface area contributed by atoms with E-state index in [0.29, 0.717) is 30.8 Å². The Kier molecular flexibility index (Phi) is 6.77. The standard InChI is InChI=1S/C25H23F2NO3/c26-25(27)31-22-12-10-18(14-23(22)29-16-21-8-9-21)6-7-19-11-13-24(28-15-19)30-17-20-4-2-1-3-5-20/h1-7,10-15,21,25H,8-9,16-17H2. The van der Waals surface area contributed by atoms with Crippen LogP contribution in [0.1, 0.15) is 29.5 Å².